The van der Waals surface area contributed by atoms with Crippen LogP contribution in [0.25, 0.3) is 0 Å². The quantitative estimate of drug-likeness (QED) is 0.367. The van der Waals surface area contributed by atoms with Gasteiger partial charge in [-0.2, -0.15) is 0 Å². The lowest BCUT2D eigenvalue weighted by Gasteiger charge is -2.08. The minimum absolute atomic E-state index is 0.0114. The van der Waals surface area contributed by atoms with Gasteiger partial charge in [-0.05, 0) is 55.5 Å². The maximum absolute atomic E-state index is 12.0. The predicted molar refractivity (Wildman–Crippen MR) is 107 cm³/mol. The van der Waals surface area contributed by atoms with Gasteiger partial charge in [0.25, 0.3) is 5.91 Å². The van der Waals surface area contributed by atoms with Crippen molar-refractivity contribution in [2.75, 3.05) is 18.5 Å². The van der Waals surface area contributed by atoms with Crippen molar-refractivity contribution < 1.29 is 27.5 Å². The maximum Gasteiger partial charge on any atom is 0.338 e. The van der Waals surface area contributed by atoms with E-state index in [1.54, 1.807) is 24.3 Å². The lowest BCUT2D eigenvalue weighted by atomic mass is 10.1. The number of carbonyl (C=O) groups is 3. The zero-order valence-electron chi connectivity index (χ0n) is 15.7. The number of ether oxygens (including phenoxy) is 1. The Morgan fingerprint density at radius 3 is 2.14 bits per heavy atom. The predicted octanol–water partition coefficient (Wildman–Crippen LogP) is 2.15. The van der Waals surface area contributed by atoms with Crippen LogP contribution in [-0.2, 0) is 19.6 Å². The third-order valence-corrected chi connectivity index (χ3v) is 5.17. The van der Waals surface area contributed by atoms with Gasteiger partial charge >= 0.3 is 5.97 Å². The van der Waals surface area contributed by atoms with Crippen LogP contribution in [-0.4, -0.2) is 39.2 Å². The number of ketones is 1. The molecule has 0 unspecified atom stereocenters. The second-order valence-electron chi connectivity index (χ2n) is 5.92. The Labute approximate surface area is 168 Å². The van der Waals surface area contributed by atoms with Gasteiger partial charge in [0, 0.05) is 17.8 Å². The first-order chi connectivity index (χ1) is 13.7. The smallest absolute Gasteiger partial charge is 0.338 e. The van der Waals surface area contributed by atoms with Gasteiger partial charge in [-0.1, -0.05) is 6.08 Å². The third-order valence-electron chi connectivity index (χ3n) is 3.73. The number of sulfonamides is 1. The molecule has 0 spiro atoms. The highest BCUT2D eigenvalue weighted by atomic mass is 32.2. The summed E-state index contributed by atoms with van der Waals surface area (Å²) >= 11 is 0. The van der Waals surface area contributed by atoms with E-state index in [-0.39, 0.29) is 22.8 Å². The first kappa shape index (κ1) is 22.0. The van der Waals surface area contributed by atoms with Crippen LogP contribution in [0.3, 0.4) is 0 Å². The summed E-state index contributed by atoms with van der Waals surface area (Å²) in [5.41, 5.74) is 1.07. The Bertz CT molecular complexity index is 1010. The first-order valence-electron chi connectivity index (χ1n) is 8.51. The molecule has 0 heterocycles. The average molecular weight is 416 g/mol. The molecule has 8 nitrogen and oxygen atoms in total. The van der Waals surface area contributed by atoms with Crippen molar-refractivity contribution in [3.05, 3.63) is 72.3 Å². The van der Waals surface area contributed by atoms with Crippen molar-refractivity contribution in [3.63, 3.8) is 0 Å². The summed E-state index contributed by atoms with van der Waals surface area (Å²) in [6.45, 7) is 4.43. The van der Waals surface area contributed by atoms with Gasteiger partial charge < -0.3 is 10.1 Å². The minimum atomic E-state index is -3.69. The third kappa shape index (κ3) is 6.37. The van der Waals surface area contributed by atoms with Crippen molar-refractivity contribution in [1.82, 2.24) is 4.72 Å². The number of benzene rings is 2. The molecule has 2 N–H and O–H groups in total. The summed E-state index contributed by atoms with van der Waals surface area (Å²) in [5, 5.41) is 2.54. The molecule has 9 heteroatoms. The molecule has 0 saturated heterocycles. The summed E-state index contributed by atoms with van der Waals surface area (Å²) < 4.78 is 31.2. The van der Waals surface area contributed by atoms with E-state index < -0.39 is 28.5 Å². The van der Waals surface area contributed by atoms with Crippen molar-refractivity contribution in [2.24, 2.45) is 0 Å². The molecular formula is C20H20N2O6S. The molecule has 0 aromatic heterocycles. The van der Waals surface area contributed by atoms with Crippen LogP contribution >= 0.6 is 0 Å². The number of anilines is 1. The zero-order valence-corrected chi connectivity index (χ0v) is 16.5. The molecule has 0 aliphatic rings. The number of carbonyl (C=O) groups excluding carboxylic acids is 3. The van der Waals surface area contributed by atoms with Crippen molar-refractivity contribution in [1.29, 1.82) is 0 Å². The van der Waals surface area contributed by atoms with E-state index >= 15 is 0 Å². The van der Waals surface area contributed by atoms with Gasteiger partial charge in [-0.15, -0.1) is 6.58 Å². The van der Waals surface area contributed by atoms with E-state index in [0.717, 1.165) is 0 Å². The highest BCUT2D eigenvalue weighted by molar-refractivity contribution is 7.89. The van der Waals surface area contributed by atoms with Gasteiger partial charge in [0.1, 0.15) is 0 Å². The van der Waals surface area contributed by atoms with Crippen LogP contribution in [0.15, 0.2) is 66.1 Å². The maximum atomic E-state index is 12.0. The van der Waals surface area contributed by atoms with E-state index in [0.29, 0.717) is 11.3 Å². The molecule has 2 aromatic carbocycles. The summed E-state index contributed by atoms with van der Waals surface area (Å²) in [6, 6.07) is 11.4. The number of esters is 1. The summed E-state index contributed by atoms with van der Waals surface area (Å²) in [6.07, 6.45) is 1.41. The summed E-state index contributed by atoms with van der Waals surface area (Å²) in [4.78, 5) is 35.2. The van der Waals surface area contributed by atoms with E-state index in [1.165, 1.54) is 37.3 Å². The molecule has 29 heavy (non-hydrogen) atoms. The second-order valence-corrected chi connectivity index (χ2v) is 7.69. The largest absolute Gasteiger partial charge is 0.452 e. The fourth-order valence-corrected chi connectivity index (χ4v) is 3.22. The van der Waals surface area contributed by atoms with E-state index in [9.17, 15) is 22.8 Å². The van der Waals surface area contributed by atoms with Gasteiger partial charge in [0.15, 0.2) is 12.4 Å². The van der Waals surface area contributed by atoms with Crippen LogP contribution in [0.4, 0.5) is 5.69 Å². The topological polar surface area (TPSA) is 119 Å². The Kier molecular flexibility index (Phi) is 7.40. The van der Waals surface area contributed by atoms with Crippen LogP contribution in [0.2, 0.25) is 0 Å². The molecule has 0 fully saturated rings. The molecule has 0 atom stereocenters. The molecule has 0 aliphatic carbocycles. The first-order valence-corrected chi connectivity index (χ1v) is 10.00. The van der Waals surface area contributed by atoms with Gasteiger partial charge in [-0.3, -0.25) is 9.59 Å². The van der Waals surface area contributed by atoms with Gasteiger partial charge in [0.2, 0.25) is 10.0 Å². The Morgan fingerprint density at radius 2 is 1.59 bits per heavy atom. The van der Waals surface area contributed by atoms with Crippen molar-refractivity contribution >= 4 is 33.4 Å². The monoisotopic (exact) mass is 416 g/mol. The van der Waals surface area contributed by atoms with E-state index in [2.05, 4.69) is 16.6 Å². The normalized spacial score (nSPS) is 10.8. The van der Waals surface area contributed by atoms with Crippen LogP contribution in [0.5, 0.6) is 0 Å². The van der Waals surface area contributed by atoms with E-state index in [4.69, 9.17) is 4.74 Å². The average Bonchev–Trinajstić information content (AvgIpc) is 2.71. The lowest BCUT2D eigenvalue weighted by Crippen LogP contribution is -2.23. The van der Waals surface area contributed by atoms with Gasteiger partial charge in [-0.25, -0.2) is 17.9 Å². The molecule has 0 radical (unpaired) electrons. The van der Waals surface area contributed by atoms with Crippen molar-refractivity contribution in [3.8, 4) is 0 Å². The molecule has 0 bridgehead atoms. The number of rotatable bonds is 9. The fraction of sp³-hybridized carbons (Fsp3) is 0.150. The minimum Gasteiger partial charge on any atom is -0.452 e. The standard InChI is InChI=1S/C20H20N2O6S/c1-3-12-21-29(26,27)18-10-6-16(7-11-18)20(25)28-13-19(24)22-17-8-4-15(5-9-17)14(2)23/h3-11,21H,1,12-13H2,2H3,(H,22,24). The molecule has 2 rings (SSSR count). The van der Waals surface area contributed by atoms with Crippen molar-refractivity contribution in [2.45, 2.75) is 11.8 Å². The lowest BCUT2D eigenvalue weighted by molar-refractivity contribution is -0.119. The molecule has 2 aromatic rings. The van der Waals surface area contributed by atoms with Crippen LogP contribution < -0.4 is 10.0 Å². The highest BCUT2D eigenvalue weighted by Crippen LogP contribution is 2.12. The number of amides is 1. The van der Waals surface area contributed by atoms with Gasteiger partial charge in [0.05, 0.1) is 10.5 Å². The molecule has 152 valence electrons. The summed E-state index contributed by atoms with van der Waals surface area (Å²) in [7, 11) is -3.69. The van der Waals surface area contributed by atoms with Crippen LogP contribution in [0.1, 0.15) is 27.6 Å². The molecule has 1 amide bonds. The van der Waals surface area contributed by atoms with Crippen LogP contribution in [0, 0.1) is 0 Å². The fourth-order valence-electron chi connectivity index (χ4n) is 2.22. The Morgan fingerprint density at radius 1 is 1.00 bits per heavy atom. The number of Topliss-reactive ketones (excluding diaryl/α,β-unsaturated/α-hetero) is 1. The highest BCUT2D eigenvalue weighted by Gasteiger charge is 2.15. The SMILES string of the molecule is C=CCNS(=O)(=O)c1ccc(C(=O)OCC(=O)Nc2ccc(C(C)=O)cc2)cc1. The second kappa shape index (κ2) is 9.76. The van der Waals surface area contributed by atoms with E-state index in [1.807, 2.05) is 0 Å². The molecule has 0 saturated carbocycles. The number of hydrogen-bond donors (Lipinski definition) is 2. The number of nitrogens with one attached hydrogen (secondary N) is 2. The Balaban J connectivity index is 1.90. The summed E-state index contributed by atoms with van der Waals surface area (Å²) in [5.74, 6) is -1.41. The molecule has 0 aliphatic heterocycles. The number of hydrogen-bond acceptors (Lipinski definition) is 6. The zero-order chi connectivity index (χ0) is 21.4. The molecular weight excluding hydrogens is 396 g/mol. The Hall–Kier alpha value is -3.30.